The fraction of sp³-hybridized carbons (Fsp3) is 0.250. The molecular weight excluding hydrogens is 442 g/mol. The van der Waals surface area contributed by atoms with Gasteiger partial charge in [0.1, 0.15) is 0 Å². The van der Waals surface area contributed by atoms with Crippen LogP contribution in [0.15, 0.2) is 85.1 Å². The first-order valence-electron chi connectivity index (χ1n) is 11.8. The minimum absolute atomic E-state index is 0.0173. The van der Waals surface area contributed by atoms with Gasteiger partial charge in [-0.15, -0.1) is 0 Å². The second-order valence-corrected chi connectivity index (χ2v) is 8.78. The van der Waals surface area contributed by atoms with Gasteiger partial charge in [0.2, 0.25) is 5.91 Å². The average molecular weight is 470 g/mol. The second kappa shape index (κ2) is 10.1. The Kier molecular flexibility index (Phi) is 6.59. The van der Waals surface area contributed by atoms with Crippen LogP contribution < -0.4 is 0 Å². The van der Waals surface area contributed by atoms with Crippen molar-refractivity contribution < 1.29 is 14.5 Å². The van der Waals surface area contributed by atoms with Crippen molar-refractivity contribution in [2.24, 2.45) is 0 Å². The number of nitro benzene ring substituents is 1. The van der Waals surface area contributed by atoms with Crippen LogP contribution in [-0.4, -0.2) is 46.6 Å². The Morgan fingerprint density at radius 3 is 2.37 bits per heavy atom. The summed E-state index contributed by atoms with van der Waals surface area (Å²) in [5, 5.41) is 12.9. The Labute approximate surface area is 203 Å². The highest BCUT2D eigenvalue weighted by atomic mass is 16.6. The monoisotopic (exact) mass is 469 g/mol. The van der Waals surface area contributed by atoms with E-state index in [1.807, 2.05) is 36.4 Å². The molecular formula is C28H27N3O4. The number of hydrogen-bond acceptors (Lipinski definition) is 4. The number of carbonyl (C=O) groups is 1. The molecule has 1 fully saturated rings. The standard InChI is InChI=1S/C28H27N3O4/c32-28(29-14-16-35-17-15-29)18-24(22-10-5-7-13-27(22)31(33)34)25-20-30(19-21-8-2-1-3-9-21)26-12-6-4-11-23(25)26/h1-13,20,24H,14-19H2. The lowest BCUT2D eigenvalue weighted by Crippen LogP contribution is -2.41. The first kappa shape index (κ1) is 22.8. The lowest BCUT2D eigenvalue weighted by molar-refractivity contribution is -0.385. The van der Waals surface area contributed by atoms with Crippen LogP contribution in [0.4, 0.5) is 5.69 Å². The molecule has 1 aromatic heterocycles. The summed E-state index contributed by atoms with van der Waals surface area (Å²) in [6.45, 7) is 2.77. The summed E-state index contributed by atoms with van der Waals surface area (Å²) in [6, 6.07) is 25.0. The topological polar surface area (TPSA) is 77.6 Å². The predicted octanol–water partition coefficient (Wildman–Crippen LogP) is 4.98. The number of morpholine rings is 1. The van der Waals surface area contributed by atoms with Crippen molar-refractivity contribution in [2.45, 2.75) is 18.9 Å². The van der Waals surface area contributed by atoms with E-state index in [-0.39, 0.29) is 22.9 Å². The van der Waals surface area contributed by atoms with Gasteiger partial charge in [-0.25, -0.2) is 0 Å². The van der Waals surface area contributed by atoms with Crippen molar-refractivity contribution in [1.29, 1.82) is 0 Å². The summed E-state index contributed by atoms with van der Waals surface area (Å²) in [6.07, 6.45) is 2.22. The van der Waals surface area contributed by atoms with Crippen molar-refractivity contribution >= 4 is 22.5 Å². The second-order valence-electron chi connectivity index (χ2n) is 8.78. The molecule has 7 heteroatoms. The number of nitrogens with zero attached hydrogens (tertiary/aromatic N) is 3. The van der Waals surface area contributed by atoms with Gasteiger partial charge in [0.05, 0.1) is 18.1 Å². The summed E-state index contributed by atoms with van der Waals surface area (Å²) >= 11 is 0. The van der Waals surface area contributed by atoms with Crippen LogP contribution in [0.2, 0.25) is 0 Å². The van der Waals surface area contributed by atoms with Crippen LogP contribution in [0, 0.1) is 10.1 Å². The number of ether oxygens (including phenoxy) is 1. The fourth-order valence-electron chi connectivity index (χ4n) is 4.92. The van der Waals surface area contributed by atoms with Gasteiger partial charge in [-0.05, 0) is 17.2 Å². The molecule has 1 unspecified atom stereocenters. The molecule has 0 spiro atoms. The third kappa shape index (κ3) is 4.81. The molecule has 1 amide bonds. The maximum atomic E-state index is 13.4. The number of fused-ring (bicyclic) bond motifs is 1. The molecule has 1 aliphatic heterocycles. The van der Waals surface area contributed by atoms with E-state index in [0.29, 0.717) is 38.4 Å². The van der Waals surface area contributed by atoms with E-state index in [4.69, 9.17) is 4.74 Å². The molecule has 0 aliphatic carbocycles. The molecule has 1 saturated heterocycles. The van der Waals surface area contributed by atoms with Gasteiger partial charge >= 0.3 is 0 Å². The van der Waals surface area contributed by atoms with Gasteiger partial charge in [0, 0.05) is 60.7 Å². The molecule has 35 heavy (non-hydrogen) atoms. The molecule has 4 aromatic rings. The number of amides is 1. The zero-order valence-corrected chi connectivity index (χ0v) is 19.4. The molecule has 5 rings (SSSR count). The normalized spacial score (nSPS) is 14.7. The highest BCUT2D eigenvalue weighted by Gasteiger charge is 2.30. The Morgan fingerprint density at radius 2 is 1.60 bits per heavy atom. The smallest absolute Gasteiger partial charge is 0.273 e. The molecule has 2 heterocycles. The van der Waals surface area contributed by atoms with E-state index in [1.54, 1.807) is 23.1 Å². The quantitative estimate of drug-likeness (QED) is 0.283. The summed E-state index contributed by atoms with van der Waals surface area (Å²) in [7, 11) is 0. The SMILES string of the molecule is O=C(CC(c1ccccc1[N+](=O)[O-])c1cn(Cc2ccccc2)c2ccccc12)N1CCOCC1. The number of hydrogen-bond donors (Lipinski definition) is 0. The first-order chi connectivity index (χ1) is 17.1. The molecule has 3 aromatic carbocycles. The highest BCUT2D eigenvalue weighted by molar-refractivity contribution is 5.87. The number of nitro groups is 1. The summed E-state index contributed by atoms with van der Waals surface area (Å²) in [5.74, 6) is -0.467. The number of para-hydroxylation sites is 2. The molecule has 0 N–H and O–H groups in total. The number of aromatic nitrogens is 1. The first-order valence-corrected chi connectivity index (χ1v) is 11.8. The number of carbonyl (C=O) groups excluding carboxylic acids is 1. The Bertz CT molecular complexity index is 1340. The lowest BCUT2D eigenvalue weighted by atomic mass is 9.86. The van der Waals surface area contributed by atoms with Crippen molar-refractivity contribution in [3.05, 3.63) is 112 Å². The van der Waals surface area contributed by atoms with E-state index in [2.05, 4.69) is 29.0 Å². The van der Waals surface area contributed by atoms with Crippen LogP contribution in [0.5, 0.6) is 0 Å². The maximum Gasteiger partial charge on any atom is 0.273 e. The Balaban J connectivity index is 1.61. The largest absolute Gasteiger partial charge is 0.378 e. The van der Waals surface area contributed by atoms with Gasteiger partial charge in [-0.2, -0.15) is 0 Å². The highest BCUT2D eigenvalue weighted by Crippen LogP contribution is 2.39. The van der Waals surface area contributed by atoms with Crippen molar-refractivity contribution in [3.8, 4) is 0 Å². The predicted molar refractivity (Wildman–Crippen MR) is 134 cm³/mol. The Hall–Kier alpha value is -3.97. The van der Waals surface area contributed by atoms with Crippen LogP contribution >= 0.6 is 0 Å². The zero-order chi connectivity index (χ0) is 24.2. The summed E-state index contributed by atoms with van der Waals surface area (Å²) < 4.78 is 7.57. The van der Waals surface area contributed by atoms with Crippen molar-refractivity contribution in [3.63, 3.8) is 0 Å². The third-order valence-corrected chi connectivity index (χ3v) is 6.64. The van der Waals surface area contributed by atoms with Crippen LogP contribution in [0.3, 0.4) is 0 Å². The zero-order valence-electron chi connectivity index (χ0n) is 19.4. The summed E-state index contributed by atoms with van der Waals surface area (Å²) in [4.78, 5) is 26.8. The van der Waals surface area contributed by atoms with E-state index in [9.17, 15) is 14.9 Å². The van der Waals surface area contributed by atoms with Gasteiger partial charge in [-0.3, -0.25) is 14.9 Å². The maximum absolute atomic E-state index is 13.4. The van der Waals surface area contributed by atoms with E-state index >= 15 is 0 Å². The van der Waals surface area contributed by atoms with Gasteiger partial charge in [0.15, 0.2) is 0 Å². The summed E-state index contributed by atoms with van der Waals surface area (Å²) in [5.41, 5.74) is 3.71. The van der Waals surface area contributed by atoms with Crippen molar-refractivity contribution in [2.75, 3.05) is 26.3 Å². The van der Waals surface area contributed by atoms with E-state index in [0.717, 1.165) is 22.0 Å². The molecule has 1 aliphatic rings. The minimum Gasteiger partial charge on any atom is -0.378 e. The molecule has 0 saturated carbocycles. The molecule has 178 valence electrons. The van der Waals surface area contributed by atoms with E-state index in [1.165, 1.54) is 6.07 Å². The molecule has 1 atom stereocenters. The third-order valence-electron chi connectivity index (χ3n) is 6.64. The van der Waals surface area contributed by atoms with Crippen LogP contribution in [0.25, 0.3) is 10.9 Å². The van der Waals surface area contributed by atoms with Gasteiger partial charge in [-0.1, -0.05) is 66.7 Å². The van der Waals surface area contributed by atoms with E-state index < -0.39 is 5.92 Å². The number of benzene rings is 3. The van der Waals surface area contributed by atoms with Crippen LogP contribution in [-0.2, 0) is 16.1 Å². The number of rotatable bonds is 7. The Morgan fingerprint density at radius 1 is 0.914 bits per heavy atom. The van der Waals surface area contributed by atoms with Gasteiger partial charge < -0.3 is 14.2 Å². The van der Waals surface area contributed by atoms with Crippen molar-refractivity contribution in [1.82, 2.24) is 9.47 Å². The molecule has 0 radical (unpaired) electrons. The fourth-order valence-corrected chi connectivity index (χ4v) is 4.92. The van der Waals surface area contributed by atoms with Gasteiger partial charge in [0.25, 0.3) is 5.69 Å². The average Bonchev–Trinajstić information content (AvgIpc) is 3.26. The minimum atomic E-state index is -0.450. The molecule has 7 nitrogen and oxygen atoms in total. The molecule has 0 bridgehead atoms. The lowest BCUT2D eigenvalue weighted by Gasteiger charge is -2.28. The van der Waals surface area contributed by atoms with Crippen LogP contribution in [0.1, 0.15) is 29.0 Å².